The van der Waals surface area contributed by atoms with E-state index in [0.29, 0.717) is 28.9 Å². The minimum absolute atomic E-state index is 0.313. The summed E-state index contributed by atoms with van der Waals surface area (Å²) >= 11 is 0. The van der Waals surface area contributed by atoms with Crippen molar-refractivity contribution in [2.75, 3.05) is 6.61 Å². The van der Waals surface area contributed by atoms with Crippen LogP contribution in [-0.4, -0.2) is 17.7 Å². The summed E-state index contributed by atoms with van der Waals surface area (Å²) in [6.07, 6.45) is 2.50. The molecule has 0 fully saturated rings. The number of hydrogen-bond donors (Lipinski definition) is 1. The fourth-order valence-electron chi connectivity index (χ4n) is 1.81. The van der Waals surface area contributed by atoms with Gasteiger partial charge in [-0.05, 0) is 50.1 Å². The van der Waals surface area contributed by atoms with Gasteiger partial charge in [0.05, 0.1) is 18.2 Å². The van der Waals surface area contributed by atoms with Crippen LogP contribution in [0.5, 0.6) is 0 Å². The molecule has 4 nitrogen and oxygen atoms in total. The summed E-state index contributed by atoms with van der Waals surface area (Å²) in [5.74, 6) is -0.399. The zero-order chi connectivity index (χ0) is 15.8. The first-order valence-electron chi connectivity index (χ1n) is 6.73. The average Bonchev–Trinajstić information content (AvgIpc) is 2.52. The largest absolute Gasteiger partial charge is 0.463 e. The van der Waals surface area contributed by atoms with Crippen LogP contribution in [0.25, 0.3) is 0 Å². The van der Waals surface area contributed by atoms with Gasteiger partial charge in [-0.15, -0.1) is 0 Å². The van der Waals surface area contributed by atoms with Gasteiger partial charge in [-0.2, -0.15) is 5.26 Å². The van der Waals surface area contributed by atoms with E-state index in [2.05, 4.69) is 0 Å². The Labute approximate surface area is 125 Å². The molecule has 110 valence electrons. The second kappa shape index (κ2) is 8.03. The lowest BCUT2D eigenvalue weighted by molar-refractivity contribution is -0.138. The van der Waals surface area contributed by atoms with E-state index in [4.69, 9.17) is 10.00 Å². The standard InChI is InChI=1S/C17H19NO3/c1-4-14(10-12(3)17(20)21-5-2)16(19)15-8-6-13(11-18)7-9-15/h4,6-10,16,19H,5H2,1-3H3/b12-10+,14-4+. The molecule has 0 saturated carbocycles. The van der Waals surface area contributed by atoms with Crippen molar-refractivity contribution in [2.45, 2.75) is 26.9 Å². The summed E-state index contributed by atoms with van der Waals surface area (Å²) in [5.41, 5.74) is 2.23. The second-order valence-electron chi connectivity index (χ2n) is 4.47. The molecule has 0 aliphatic rings. The second-order valence-corrected chi connectivity index (χ2v) is 4.47. The normalized spacial score (nSPS) is 13.5. The lowest BCUT2D eigenvalue weighted by Gasteiger charge is -2.13. The quantitative estimate of drug-likeness (QED) is 0.513. The van der Waals surface area contributed by atoms with E-state index >= 15 is 0 Å². The van der Waals surface area contributed by atoms with Crippen LogP contribution >= 0.6 is 0 Å². The van der Waals surface area contributed by atoms with E-state index < -0.39 is 12.1 Å². The Hall–Kier alpha value is -2.38. The summed E-state index contributed by atoms with van der Waals surface area (Å²) in [6.45, 7) is 5.49. The highest BCUT2D eigenvalue weighted by Crippen LogP contribution is 2.24. The van der Waals surface area contributed by atoms with Gasteiger partial charge < -0.3 is 9.84 Å². The molecule has 0 amide bonds. The molecule has 4 heteroatoms. The van der Waals surface area contributed by atoms with Crippen molar-refractivity contribution < 1.29 is 14.6 Å². The van der Waals surface area contributed by atoms with Crippen LogP contribution in [0.2, 0.25) is 0 Å². The molecule has 0 aliphatic carbocycles. The lowest BCUT2D eigenvalue weighted by atomic mass is 9.98. The van der Waals surface area contributed by atoms with Crippen LogP contribution in [-0.2, 0) is 9.53 Å². The SMILES string of the molecule is C/C=C(\C=C(/C)C(=O)OCC)C(O)c1ccc(C#N)cc1. The van der Waals surface area contributed by atoms with Crippen LogP contribution in [0.3, 0.4) is 0 Å². The van der Waals surface area contributed by atoms with E-state index in [1.165, 1.54) is 0 Å². The van der Waals surface area contributed by atoms with Gasteiger partial charge in [-0.25, -0.2) is 4.79 Å². The van der Waals surface area contributed by atoms with E-state index in [0.717, 1.165) is 0 Å². The van der Waals surface area contributed by atoms with Crippen molar-refractivity contribution in [1.29, 1.82) is 5.26 Å². The third-order valence-corrected chi connectivity index (χ3v) is 2.99. The van der Waals surface area contributed by atoms with E-state index in [1.54, 1.807) is 57.2 Å². The van der Waals surface area contributed by atoms with Crippen molar-refractivity contribution >= 4 is 5.97 Å². The van der Waals surface area contributed by atoms with Gasteiger partial charge in [0.1, 0.15) is 6.10 Å². The number of esters is 1. The summed E-state index contributed by atoms with van der Waals surface area (Å²) in [5, 5.41) is 19.1. The maximum absolute atomic E-state index is 11.6. The number of allylic oxidation sites excluding steroid dienone is 1. The van der Waals surface area contributed by atoms with E-state index in [1.807, 2.05) is 6.07 Å². The molecule has 0 bridgehead atoms. The number of carbonyl (C=O) groups is 1. The lowest BCUT2D eigenvalue weighted by Crippen LogP contribution is -2.07. The third-order valence-electron chi connectivity index (χ3n) is 2.99. The maximum Gasteiger partial charge on any atom is 0.333 e. The molecule has 0 spiro atoms. The smallest absolute Gasteiger partial charge is 0.333 e. The summed E-state index contributed by atoms with van der Waals surface area (Å²) < 4.78 is 4.91. The highest BCUT2D eigenvalue weighted by Gasteiger charge is 2.13. The Morgan fingerprint density at radius 2 is 2.05 bits per heavy atom. The van der Waals surface area contributed by atoms with Gasteiger partial charge in [-0.3, -0.25) is 0 Å². The number of nitrogens with zero attached hydrogens (tertiary/aromatic N) is 1. The molecular formula is C17H19NO3. The van der Waals surface area contributed by atoms with Gasteiger partial charge in [0, 0.05) is 5.57 Å². The molecule has 1 unspecified atom stereocenters. The maximum atomic E-state index is 11.6. The predicted octanol–water partition coefficient (Wildman–Crippen LogP) is 3.05. The summed E-state index contributed by atoms with van der Waals surface area (Å²) in [6, 6.07) is 8.71. The zero-order valence-electron chi connectivity index (χ0n) is 12.5. The number of hydrogen-bond acceptors (Lipinski definition) is 4. The van der Waals surface area contributed by atoms with Crippen LogP contribution < -0.4 is 0 Å². The van der Waals surface area contributed by atoms with Crippen molar-refractivity contribution in [1.82, 2.24) is 0 Å². The Morgan fingerprint density at radius 3 is 2.52 bits per heavy atom. The molecule has 1 aromatic rings. The average molecular weight is 285 g/mol. The van der Waals surface area contributed by atoms with Gasteiger partial charge in [0.2, 0.25) is 0 Å². The minimum Gasteiger partial charge on any atom is -0.463 e. The van der Waals surface area contributed by atoms with E-state index in [-0.39, 0.29) is 0 Å². The predicted molar refractivity (Wildman–Crippen MR) is 80.3 cm³/mol. The number of aliphatic hydroxyl groups is 1. The molecule has 1 atom stereocenters. The topological polar surface area (TPSA) is 70.3 Å². The Bertz CT molecular complexity index is 591. The summed E-state index contributed by atoms with van der Waals surface area (Å²) in [4.78, 5) is 11.6. The monoisotopic (exact) mass is 285 g/mol. The Morgan fingerprint density at radius 1 is 1.43 bits per heavy atom. The van der Waals surface area contributed by atoms with Crippen molar-refractivity contribution in [3.8, 4) is 6.07 Å². The van der Waals surface area contributed by atoms with Gasteiger partial charge in [0.25, 0.3) is 0 Å². The van der Waals surface area contributed by atoms with Crippen LogP contribution in [0.1, 0.15) is 38.0 Å². The number of rotatable bonds is 5. The first-order chi connectivity index (χ1) is 10.0. The van der Waals surface area contributed by atoms with Gasteiger partial charge in [0.15, 0.2) is 0 Å². The molecule has 21 heavy (non-hydrogen) atoms. The van der Waals surface area contributed by atoms with Crippen LogP contribution in [0.4, 0.5) is 0 Å². The number of carbonyl (C=O) groups excluding carboxylic acids is 1. The molecular weight excluding hydrogens is 266 g/mol. The minimum atomic E-state index is -0.855. The van der Waals surface area contributed by atoms with Gasteiger partial charge >= 0.3 is 5.97 Å². The number of ether oxygens (including phenoxy) is 1. The molecule has 1 N–H and O–H groups in total. The first kappa shape index (κ1) is 16.7. The molecule has 0 heterocycles. The summed E-state index contributed by atoms with van der Waals surface area (Å²) in [7, 11) is 0. The van der Waals surface area contributed by atoms with Gasteiger partial charge in [-0.1, -0.05) is 18.2 Å². The third kappa shape index (κ3) is 4.59. The Kier molecular flexibility index (Phi) is 6.38. The molecule has 1 rings (SSSR count). The van der Waals surface area contributed by atoms with Crippen molar-refractivity contribution in [3.63, 3.8) is 0 Å². The molecule has 1 aromatic carbocycles. The van der Waals surface area contributed by atoms with Crippen molar-refractivity contribution in [2.24, 2.45) is 0 Å². The number of nitriles is 1. The highest BCUT2D eigenvalue weighted by molar-refractivity contribution is 5.88. The zero-order valence-corrected chi connectivity index (χ0v) is 12.5. The fraction of sp³-hybridized carbons (Fsp3) is 0.294. The highest BCUT2D eigenvalue weighted by atomic mass is 16.5. The number of aliphatic hydroxyl groups excluding tert-OH is 1. The Balaban J connectivity index is 2.96. The molecule has 0 aromatic heterocycles. The molecule has 0 radical (unpaired) electrons. The number of benzene rings is 1. The fourth-order valence-corrected chi connectivity index (χ4v) is 1.81. The van der Waals surface area contributed by atoms with Crippen LogP contribution in [0.15, 0.2) is 47.6 Å². The van der Waals surface area contributed by atoms with Crippen LogP contribution in [0, 0.1) is 11.3 Å². The molecule has 0 saturated heterocycles. The molecule has 0 aliphatic heterocycles. The first-order valence-corrected chi connectivity index (χ1v) is 6.73. The van der Waals surface area contributed by atoms with Crippen molar-refractivity contribution in [3.05, 3.63) is 58.7 Å². The van der Waals surface area contributed by atoms with E-state index in [9.17, 15) is 9.90 Å².